The molecule has 0 heterocycles. The van der Waals surface area contributed by atoms with Crippen LogP contribution < -0.4 is 9.47 Å². The van der Waals surface area contributed by atoms with Gasteiger partial charge in [0.1, 0.15) is 11.5 Å². The molecule has 0 amide bonds. The molecular weight excluding hydrogens is 232 g/mol. The molecule has 1 aromatic carbocycles. The van der Waals surface area contributed by atoms with Crippen LogP contribution in [-0.2, 0) is 16.0 Å². The van der Waals surface area contributed by atoms with E-state index in [-0.39, 0.29) is 12.4 Å². The van der Waals surface area contributed by atoms with Gasteiger partial charge in [-0.2, -0.15) is 0 Å². The van der Waals surface area contributed by atoms with Crippen LogP contribution in [0.25, 0.3) is 0 Å². The Hall–Kier alpha value is -1.71. The van der Waals surface area contributed by atoms with E-state index in [9.17, 15) is 4.79 Å². The molecule has 0 atom stereocenters. The van der Waals surface area contributed by atoms with Crippen molar-refractivity contribution < 1.29 is 19.0 Å². The van der Waals surface area contributed by atoms with Crippen molar-refractivity contribution in [2.24, 2.45) is 0 Å². The molecule has 0 aliphatic carbocycles. The topological polar surface area (TPSA) is 44.8 Å². The van der Waals surface area contributed by atoms with Gasteiger partial charge in [-0.15, -0.1) is 0 Å². The van der Waals surface area contributed by atoms with Crippen LogP contribution in [-0.4, -0.2) is 26.3 Å². The summed E-state index contributed by atoms with van der Waals surface area (Å²) in [5, 5.41) is 0. The molecule has 0 aromatic heterocycles. The van der Waals surface area contributed by atoms with Gasteiger partial charge >= 0.3 is 5.97 Å². The number of rotatable bonds is 7. The molecule has 0 unspecified atom stereocenters. The average Bonchev–Trinajstić information content (AvgIpc) is 2.37. The van der Waals surface area contributed by atoms with Gasteiger partial charge in [-0.25, -0.2) is 0 Å². The molecule has 1 rings (SSSR count). The number of hydrogen-bond acceptors (Lipinski definition) is 4. The first kappa shape index (κ1) is 14.4. The first-order valence-electron chi connectivity index (χ1n) is 6.16. The molecule has 18 heavy (non-hydrogen) atoms. The molecule has 0 N–H and O–H groups in total. The molecule has 0 aliphatic rings. The number of carbonyl (C=O) groups excluding carboxylic acids is 1. The molecule has 0 spiro atoms. The number of carbonyl (C=O) groups is 1. The third-order valence-corrected chi connectivity index (χ3v) is 2.38. The molecule has 0 saturated carbocycles. The fourth-order valence-electron chi connectivity index (χ4n) is 1.52. The zero-order chi connectivity index (χ0) is 13.4. The first-order valence-corrected chi connectivity index (χ1v) is 6.16. The zero-order valence-corrected chi connectivity index (χ0v) is 11.2. The second-order valence-corrected chi connectivity index (χ2v) is 3.80. The number of methoxy groups -OCH3 is 1. The van der Waals surface area contributed by atoms with E-state index in [0.717, 1.165) is 12.0 Å². The van der Waals surface area contributed by atoms with Crippen molar-refractivity contribution in [2.75, 3.05) is 20.3 Å². The molecular formula is C14H20O4. The highest BCUT2D eigenvalue weighted by Crippen LogP contribution is 2.25. The van der Waals surface area contributed by atoms with Crippen LogP contribution in [0.2, 0.25) is 0 Å². The lowest BCUT2D eigenvalue weighted by Gasteiger charge is -2.12. The molecule has 0 fully saturated rings. The van der Waals surface area contributed by atoms with Crippen molar-refractivity contribution in [3.05, 3.63) is 23.8 Å². The fraction of sp³-hybridized carbons (Fsp3) is 0.500. The van der Waals surface area contributed by atoms with E-state index in [1.807, 2.05) is 19.1 Å². The van der Waals surface area contributed by atoms with Gasteiger partial charge in [0.2, 0.25) is 0 Å². The number of hydrogen-bond donors (Lipinski definition) is 0. The molecule has 4 nitrogen and oxygen atoms in total. The Morgan fingerprint density at radius 2 is 2.06 bits per heavy atom. The summed E-state index contributed by atoms with van der Waals surface area (Å²) in [6.45, 7) is 4.83. The van der Waals surface area contributed by atoms with E-state index >= 15 is 0 Å². The Morgan fingerprint density at radius 1 is 1.28 bits per heavy atom. The fourth-order valence-corrected chi connectivity index (χ4v) is 1.52. The van der Waals surface area contributed by atoms with Gasteiger partial charge in [0, 0.05) is 11.6 Å². The van der Waals surface area contributed by atoms with E-state index in [1.54, 1.807) is 20.1 Å². The maximum atomic E-state index is 11.5. The Bertz CT molecular complexity index is 387. The van der Waals surface area contributed by atoms with Crippen molar-refractivity contribution in [3.63, 3.8) is 0 Å². The van der Waals surface area contributed by atoms with Gasteiger partial charge in [0.15, 0.2) is 0 Å². The highest BCUT2D eigenvalue weighted by atomic mass is 16.5. The van der Waals surface area contributed by atoms with E-state index < -0.39 is 0 Å². The van der Waals surface area contributed by atoms with Gasteiger partial charge < -0.3 is 14.2 Å². The van der Waals surface area contributed by atoms with Crippen molar-refractivity contribution in [2.45, 2.75) is 26.7 Å². The van der Waals surface area contributed by atoms with Crippen molar-refractivity contribution in [1.29, 1.82) is 0 Å². The Balaban J connectivity index is 2.83. The summed E-state index contributed by atoms with van der Waals surface area (Å²) < 4.78 is 15.7. The number of benzene rings is 1. The standard InChI is InChI=1S/C14H20O4/c1-4-8-18-13-10-12(16-3)7-6-11(13)9-14(15)17-5-2/h6-7,10H,4-5,8-9H2,1-3H3. The molecule has 1 aromatic rings. The number of ether oxygens (including phenoxy) is 3. The van der Waals surface area contributed by atoms with Crippen LogP contribution >= 0.6 is 0 Å². The summed E-state index contributed by atoms with van der Waals surface area (Å²) in [5.41, 5.74) is 0.822. The van der Waals surface area contributed by atoms with Crippen molar-refractivity contribution >= 4 is 5.97 Å². The summed E-state index contributed by atoms with van der Waals surface area (Å²) in [4.78, 5) is 11.5. The SMILES string of the molecule is CCCOc1cc(OC)ccc1CC(=O)OCC. The predicted octanol–water partition coefficient (Wildman–Crippen LogP) is 2.59. The first-order chi connectivity index (χ1) is 8.71. The minimum Gasteiger partial charge on any atom is -0.497 e. The molecule has 100 valence electrons. The van der Waals surface area contributed by atoms with E-state index in [4.69, 9.17) is 14.2 Å². The van der Waals surface area contributed by atoms with Crippen molar-refractivity contribution in [1.82, 2.24) is 0 Å². The quantitative estimate of drug-likeness (QED) is 0.700. The molecule has 0 radical (unpaired) electrons. The summed E-state index contributed by atoms with van der Waals surface area (Å²) in [7, 11) is 1.60. The minimum atomic E-state index is -0.246. The van der Waals surface area contributed by atoms with Gasteiger partial charge in [-0.05, 0) is 19.4 Å². The molecule has 4 heteroatoms. The highest BCUT2D eigenvalue weighted by Gasteiger charge is 2.11. The van der Waals surface area contributed by atoms with E-state index in [2.05, 4.69) is 0 Å². The second-order valence-electron chi connectivity index (χ2n) is 3.80. The van der Waals surface area contributed by atoms with Gasteiger partial charge in [0.25, 0.3) is 0 Å². The van der Waals surface area contributed by atoms with Crippen LogP contribution in [0.3, 0.4) is 0 Å². The number of esters is 1. The Labute approximate surface area is 108 Å². The van der Waals surface area contributed by atoms with E-state index in [0.29, 0.717) is 24.7 Å². The molecule has 0 aliphatic heterocycles. The van der Waals surface area contributed by atoms with Crippen LogP contribution in [0.1, 0.15) is 25.8 Å². The maximum absolute atomic E-state index is 11.5. The second kappa shape index (κ2) is 7.58. The lowest BCUT2D eigenvalue weighted by Crippen LogP contribution is -2.09. The Kier molecular flexibility index (Phi) is 6.05. The zero-order valence-electron chi connectivity index (χ0n) is 11.2. The molecule has 0 saturated heterocycles. The highest BCUT2D eigenvalue weighted by molar-refractivity contribution is 5.73. The monoisotopic (exact) mass is 252 g/mol. The van der Waals surface area contributed by atoms with Crippen molar-refractivity contribution in [3.8, 4) is 11.5 Å². The summed E-state index contributed by atoms with van der Waals surface area (Å²) in [6.07, 6.45) is 1.13. The average molecular weight is 252 g/mol. The van der Waals surface area contributed by atoms with Crippen LogP contribution in [0.5, 0.6) is 11.5 Å². The molecule has 0 bridgehead atoms. The van der Waals surface area contributed by atoms with Gasteiger partial charge in [0.05, 0.1) is 26.7 Å². The van der Waals surface area contributed by atoms with Crippen LogP contribution in [0.15, 0.2) is 18.2 Å². The van der Waals surface area contributed by atoms with Gasteiger partial charge in [-0.1, -0.05) is 13.0 Å². The van der Waals surface area contributed by atoms with Gasteiger partial charge in [-0.3, -0.25) is 4.79 Å². The lowest BCUT2D eigenvalue weighted by molar-refractivity contribution is -0.142. The normalized spacial score (nSPS) is 9.94. The smallest absolute Gasteiger partial charge is 0.310 e. The summed E-state index contributed by atoms with van der Waals surface area (Å²) >= 11 is 0. The predicted molar refractivity (Wildman–Crippen MR) is 69.1 cm³/mol. The van der Waals surface area contributed by atoms with E-state index in [1.165, 1.54) is 0 Å². The van der Waals surface area contributed by atoms with Crippen LogP contribution in [0, 0.1) is 0 Å². The third-order valence-electron chi connectivity index (χ3n) is 2.38. The third kappa shape index (κ3) is 4.28. The Morgan fingerprint density at radius 3 is 2.67 bits per heavy atom. The summed E-state index contributed by atoms with van der Waals surface area (Å²) in [6, 6.07) is 5.44. The van der Waals surface area contributed by atoms with Crippen LogP contribution in [0.4, 0.5) is 0 Å². The largest absolute Gasteiger partial charge is 0.497 e. The summed E-state index contributed by atoms with van der Waals surface area (Å²) in [5.74, 6) is 1.15. The maximum Gasteiger partial charge on any atom is 0.310 e. The lowest BCUT2D eigenvalue weighted by atomic mass is 10.1. The minimum absolute atomic E-state index is 0.219.